The van der Waals surface area contributed by atoms with Crippen molar-refractivity contribution in [3.63, 3.8) is 0 Å². The molecule has 1 aliphatic carbocycles. The van der Waals surface area contributed by atoms with E-state index in [1.165, 1.54) is 19.3 Å². The predicted octanol–water partition coefficient (Wildman–Crippen LogP) is 0.966. The molecule has 2 N–H and O–H groups in total. The van der Waals surface area contributed by atoms with Crippen LogP contribution < -0.4 is 5.73 Å². The molecule has 1 saturated carbocycles. The van der Waals surface area contributed by atoms with Crippen LogP contribution in [-0.2, 0) is 7.05 Å². The molecule has 0 saturated heterocycles. The molecule has 4 heteroatoms. The third-order valence-corrected chi connectivity index (χ3v) is 3.20. The van der Waals surface area contributed by atoms with E-state index in [0.717, 1.165) is 18.2 Å². The van der Waals surface area contributed by atoms with Gasteiger partial charge in [0.05, 0.1) is 0 Å². The summed E-state index contributed by atoms with van der Waals surface area (Å²) in [5.41, 5.74) is 5.76. The molecule has 78 valence electrons. The predicted molar refractivity (Wildman–Crippen MR) is 54.9 cm³/mol. The number of rotatable bonds is 2. The number of nitrogens with zero attached hydrogens (tertiary/aromatic N) is 3. The van der Waals surface area contributed by atoms with E-state index in [2.05, 4.69) is 10.1 Å². The summed E-state index contributed by atoms with van der Waals surface area (Å²) in [6, 6.07) is 0. The standard InChI is InChI=1S/C10H18N4/c1-7-12-10(14(2)13-7)9-5-3-4-8(9)6-11/h8-9H,3-6,11H2,1-2H3. The summed E-state index contributed by atoms with van der Waals surface area (Å²) in [7, 11) is 1.97. The maximum Gasteiger partial charge on any atom is 0.147 e. The SMILES string of the molecule is Cc1nc(C2CCCC2CN)n(C)n1. The van der Waals surface area contributed by atoms with E-state index < -0.39 is 0 Å². The summed E-state index contributed by atoms with van der Waals surface area (Å²) in [5, 5.41) is 4.29. The Morgan fingerprint density at radius 3 is 2.86 bits per heavy atom. The first-order valence-corrected chi connectivity index (χ1v) is 5.30. The van der Waals surface area contributed by atoms with Crippen LogP contribution in [0.1, 0.15) is 36.8 Å². The molecule has 1 aliphatic rings. The zero-order valence-corrected chi connectivity index (χ0v) is 8.90. The third-order valence-electron chi connectivity index (χ3n) is 3.20. The van der Waals surface area contributed by atoms with Gasteiger partial charge in [0.2, 0.25) is 0 Å². The Hall–Kier alpha value is -0.900. The van der Waals surface area contributed by atoms with Gasteiger partial charge in [-0.25, -0.2) is 4.98 Å². The van der Waals surface area contributed by atoms with Crippen LogP contribution in [0.2, 0.25) is 0 Å². The van der Waals surface area contributed by atoms with Gasteiger partial charge in [0.15, 0.2) is 0 Å². The quantitative estimate of drug-likeness (QED) is 0.763. The Labute approximate surface area is 84.5 Å². The zero-order chi connectivity index (χ0) is 10.1. The van der Waals surface area contributed by atoms with Gasteiger partial charge in [-0.2, -0.15) is 5.10 Å². The third kappa shape index (κ3) is 1.54. The molecule has 0 aliphatic heterocycles. The lowest BCUT2D eigenvalue weighted by Crippen LogP contribution is -2.19. The Balaban J connectivity index is 2.25. The van der Waals surface area contributed by atoms with Gasteiger partial charge >= 0.3 is 0 Å². The van der Waals surface area contributed by atoms with Gasteiger partial charge in [-0.3, -0.25) is 4.68 Å². The summed E-state index contributed by atoms with van der Waals surface area (Å²) in [6.45, 7) is 2.71. The molecule has 14 heavy (non-hydrogen) atoms. The van der Waals surface area contributed by atoms with Crippen LogP contribution in [0.3, 0.4) is 0 Å². The van der Waals surface area contributed by atoms with Crippen LogP contribution in [0, 0.1) is 12.8 Å². The molecule has 2 unspecified atom stereocenters. The molecule has 2 atom stereocenters. The molecule has 0 radical (unpaired) electrons. The first-order valence-electron chi connectivity index (χ1n) is 5.30. The van der Waals surface area contributed by atoms with E-state index >= 15 is 0 Å². The average molecular weight is 194 g/mol. The van der Waals surface area contributed by atoms with Crippen molar-refractivity contribution in [1.82, 2.24) is 14.8 Å². The zero-order valence-electron chi connectivity index (χ0n) is 8.90. The first-order chi connectivity index (χ1) is 6.72. The molecular formula is C10H18N4. The molecule has 2 rings (SSSR count). The van der Waals surface area contributed by atoms with E-state index in [1.54, 1.807) is 0 Å². The van der Waals surface area contributed by atoms with Crippen molar-refractivity contribution in [2.24, 2.45) is 18.7 Å². The van der Waals surface area contributed by atoms with Crippen molar-refractivity contribution < 1.29 is 0 Å². The van der Waals surface area contributed by atoms with Crippen molar-refractivity contribution in [2.75, 3.05) is 6.54 Å². The number of aromatic nitrogens is 3. The second kappa shape index (κ2) is 3.69. The highest BCUT2D eigenvalue weighted by atomic mass is 15.3. The van der Waals surface area contributed by atoms with E-state index in [4.69, 9.17) is 5.73 Å². The number of aryl methyl sites for hydroxylation is 2. The lowest BCUT2D eigenvalue weighted by Gasteiger charge is -2.16. The molecule has 0 amide bonds. The molecule has 1 aromatic rings. The maximum atomic E-state index is 5.76. The van der Waals surface area contributed by atoms with Gasteiger partial charge in [0, 0.05) is 13.0 Å². The molecule has 0 bridgehead atoms. The number of hydrogen-bond acceptors (Lipinski definition) is 3. The first kappa shape index (κ1) is 9.65. The van der Waals surface area contributed by atoms with E-state index in [9.17, 15) is 0 Å². The summed E-state index contributed by atoms with van der Waals surface area (Å²) in [6.07, 6.45) is 3.74. The van der Waals surface area contributed by atoms with Crippen molar-refractivity contribution in [2.45, 2.75) is 32.1 Å². The Bertz CT molecular complexity index is 318. The Morgan fingerprint density at radius 1 is 1.50 bits per heavy atom. The van der Waals surface area contributed by atoms with Crippen LogP contribution in [0.15, 0.2) is 0 Å². The van der Waals surface area contributed by atoms with Crippen molar-refractivity contribution in [3.8, 4) is 0 Å². The molecule has 1 fully saturated rings. The lowest BCUT2D eigenvalue weighted by molar-refractivity contribution is 0.460. The van der Waals surface area contributed by atoms with Crippen LogP contribution >= 0.6 is 0 Å². The lowest BCUT2D eigenvalue weighted by atomic mass is 9.95. The van der Waals surface area contributed by atoms with Crippen LogP contribution in [-0.4, -0.2) is 21.3 Å². The molecule has 0 spiro atoms. The fourth-order valence-electron chi connectivity index (χ4n) is 2.51. The van der Waals surface area contributed by atoms with E-state index in [1.807, 2.05) is 18.7 Å². The fraction of sp³-hybridized carbons (Fsp3) is 0.800. The van der Waals surface area contributed by atoms with E-state index in [-0.39, 0.29) is 0 Å². The van der Waals surface area contributed by atoms with Gasteiger partial charge in [-0.05, 0) is 32.2 Å². The minimum Gasteiger partial charge on any atom is -0.330 e. The van der Waals surface area contributed by atoms with Gasteiger partial charge in [-0.15, -0.1) is 0 Å². The van der Waals surface area contributed by atoms with Gasteiger partial charge < -0.3 is 5.73 Å². The summed E-state index contributed by atoms with van der Waals surface area (Å²) >= 11 is 0. The van der Waals surface area contributed by atoms with Crippen LogP contribution in [0.5, 0.6) is 0 Å². The van der Waals surface area contributed by atoms with Crippen molar-refractivity contribution in [1.29, 1.82) is 0 Å². The number of hydrogen-bond donors (Lipinski definition) is 1. The minimum absolute atomic E-state index is 0.534. The topological polar surface area (TPSA) is 56.7 Å². The van der Waals surface area contributed by atoms with E-state index in [0.29, 0.717) is 11.8 Å². The van der Waals surface area contributed by atoms with Crippen LogP contribution in [0.25, 0.3) is 0 Å². The highest BCUT2D eigenvalue weighted by molar-refractivity contribution is 5.04. The van der Waals surface area contributed by atoms with Crippen molar-refractivity contribution in [3.05, 3.63) is 11.6 Å². The highest BCUT2D eigenvalue weighted by Gasteiger charge is 2.30. The monoisotopic (exact) mass is 194 g/mol. The minimum atomic E-state index is 0.534. The molecule has 1 heterocycles. The van der Waals surface area contributed by atoms with Crippen molar-refractivity contribution >= 4 is 0 Å². The second-order valence-electron chi connectivity index (χ2n) is 4.17. The summed E-state index contributed by atoms with van der Waals surface area (Å²) in [4.78, 5) is 4.49. The maximum absolute atomic E-state index is 5.76. The van der Waals surface area contributed by atoms with Crippen LogP contribution in [0.4, 0.5) is 0 Å². The number of nitrogens with two attached hydrogens (primary N) is 1. The second-order valence-corrected chi connectivity index (χ2v) is 4.17. The Kier molecular flexibility index (Phi) is 2.54. The fourth-order valence-corrected chi connectivity index (χ4v) is 2.51. The van der Waals surface area contributed by atoms with Gasteiger partial charge in [0.25, 0.3) is 0 Å². The average Bonchev–Trinajstić information content (AvgIpc) is 2.71. The normalized spacial score (nSPS) is 27.1. The van der Waals surface area contributed by atoms with Gasteiger partial charge in [0.1, 0.15) is 11.6 Å². The summed E-state index contributed by atoms with van der Waals surface area (Å²) in [5.74, 6) is 3.13. The summed E-state index contributed by atoms with van der Waals surface area (Å²) < 4.78 is 1.91. The van der Waals surface area contributed by atoms with Gasteiger partial charge in [-0.1, -0.05) is 6.42 Å². The molecule has 1 aromatic heterocycles. The Morgan fingerprint density at radius 2 is 2.29 bits per heavy atom. The smallest absolute Gasteiger partial charge is 0.147 e. The molecule has 0 aromatic carbocycles. The molecular weight excluding hydrogens is 176 g/mol. The largest absolute Gasteiger partial charge is 0.330 e. The highest BCUT2D eigenvalue weighted by Crippen LogP contribution is 2.37. The molecule has 4 nitrogen and oxygen atoms in total.